The van der Waals surface area contributed by atoms with E-state index in [0.717, 1.165) is 12.8 Å². The fraction of sp³-hybridized carbons (Fsp3) is 0.455. The Balaban J connectivity index is 2.07. The Hall–Kier alpha value is -0.340. The lowest BCUT2D eigenvalue weighted by Gasteiger charge is -2.34. The second-order valence-corrected chi connectivity index (χ2v) is 4.59. The molecular weight excluding hydrogens is 228 g/mol. The van der Waals surface area contributed by atoms with Crippen molar-refractivity contribution in [3.05, 3.63) is 34.3 Å². The summed E-state index contributed by atoms with van der Waals surface area (Å²) in [6.07, 6.45) is 2.28. The van der Waals surface area contributed by atoms with Crippen molar-refractivity contribution in [3.63, 3.8) is 0 Å². The average Bonchev–Trinajstić information content (AvgIpc) is 2.06. The number of aliphatic hydroxyl groups excluding tert-OH is 1. The Morgan fingerprint density at radius 1 is 1.31 bits per heavy atom. The quantitative estimate of drug-likeness (QED) is 0.843. The summed E-state index contributed by atoms with van der Waals surface area (Å²) in [6.45, 7) is 0.348. The largest absolute Gasteiger partial charge is 0.396 e. The van der Waals surface area contributed by atoms with E-state index < -0.39 is 0 Å². The molecule has 1 saturated carbocycles. The molecule has 0 atom stereocenters. The van der Waals surface area contributed by atoms with Gasteiger partial charge in [0.15, 0.2) is 0 Å². The van der Waals surface area contributed by atoms with Gasteiger partial charge in [-0.15, -0.1) is 0 Å². The zero-order valence-corrected chi connectivity index (χ0v) is 9.00. The van der Waals surface area contributed by atoms with Crippen LogP contribution in [0.15, 0.2) is 28.7 Å². The van der Waals surface area contributed by atoms with Crippen LogP contribution in [0.5, 0.6) is 0 Å². The number of hydrogen-bond donors (Lipinski definition) is 1. The maximum absolute atomic E-state index is 8.91. The molecule has 1 aliphatic carbocycles. The Labute approximate surface area is 86.9 Å². The second kappa shape index (κ2) is 3.81. The van der Waals surface area contributed by atoms with Gasteiger partial charge >= 0.3 is 0 Å². The number of aliphatic hydroxyl groups is 1. The van der Waals surface area contributed by atoms with E-state index in [0.29, 0.717) is 18.4 Å². The first-order valence-electron chi connectivity index (χ1n) is 4.66. The minimum absolute atomic E-state index is 0.348. The van der Waals surface area contributed by atoms with Crippen LogP contribution in [-0.4, -0.2) is 11.7 Å². The Morgan fingerprint density at radius 3 is 2.62 bits per heavy atom. The van der Waals surface area contributed by atoms with E-state index in [1.807, 2.05) is 6.07 Å². The molecular formula is C11H13BrO. The number of benzene rings is 1. The van der Waals surface area contributed by atoms with Gasteiger partial charge in [-0.2, -0.15) is 0 Å². The molecule has 13 heavy (non-hydrogen) atoms. The van der Waals surface area contributed by atoms with Gasteiger partial charge in [-0.1, -0.05) is 34.1 Å². The topological polar surface area (TPSA) is 20.2 Å². The molecule has 0 amide bonds. The van der Waals surface area contributed by atoms with Crippen molar-refractivity contribution in [2.75, 3.05) is 6.61 Å². The highest BCUT2D eigenvalue weighted by Crippen LogP contribution is 2.43. The summed E-state index contributed by atoms with van der Waals surface area (Å²) < 4.78 is 1.20. The van der Waals surface area contributed by atoms with Crippen molar-refractivity contribution in [2.24, 2.45) is 5.92 Å². The molecule has 1 N–H and O–H groups in total. The van der Waals surface area contributed by atoms with Crippen LogP contribution in [-0.2, 0) is 0 Å². The first-order valence-corrected chi connectivity index (χ1v) is 5.46. The maximum atomic E-state index is 8.91. The summed E-state index contributed by atoms with van der Waals surface area (Å²) in [6, 6.07) is 8.37. The Kier molecular flexibility index (Phi) is 2.70. The van der Waals surface area contributed by atoms with Crippen LogP contribution < -0.4 is 0 Å². The SMILES string of the molecule is OCC1CC(c2ccccc2Br)C1. The first kappa shape index (κ1) is 9.22. The number of hydrogen-bond acceptors (Lipinski definition) is 1. The summed E-state index contributed by atoms with van der Waals surface area (Å²) in [4.78, 5) is 0. The van der Waals surface area contributed by atoms with Crippen LogP contribution in [0.25, 0.3) is 0 Å². The summed E-state index contributed by atoms with van der Waals surface area (Å²) in [5.41, 5.74) is 1.40. The van der Waals surface area contributed by atoms with Gasteiger partial charge in [-0.3, -0.25) is 0 Å². The highest BCUT2D eigenvalue weighted by molar-refractivity contribution is 9.10. The first-order chi connectivity index (χ1) is 6.31. The fourth-order valence-electron chi connectivity index (χ4n) is 1.94. The van der Waals surface area contributed by atoms with Gasteiger partial charge in [0.1, 0.15) is 0 Å². The second-order valence-electron chi connectivity index (χ2n) is 3.74. The van der Waals surface area contributed by atoms with Crippen LogP contribution in [0, 0.1) is 5.92 Å². The van der Waals surface area contributed by atoms with E-state index in [9.17, 15) is 0 Å². The minimum Gasteiger partial charge on any atom is -0.396 e. The van der Waals surface area contributed by atoms with Crippen molar-refractivity contribution >= 4 is 15.9 Å². The van der Waals surface area contributed by atoms with Crippen LogP contribution >= 0.6 is 15.9 Å². The lowest BCUT2D eigenvalue weighted by atomic mass is 9.72. The van der Waals surface area contributed by atoms with E-state index in [-0.39, 0.29) is 0 Å². The molecule has 0 unspecified atom stereocenters. The van der Waals surface area contributed by atoms with Gasteiger partial charge in [0.25, 0.3) is 0 Å². The predicted octanol–water partition coefficient (Wildman–Crippen LogP) is 2.94. The van der Waals surface area contributed by atoms with Crippen LogP contribution in [0.1, 0.15) is 24.3 Å². The molecule has 0 bridgehead atoms. The normalized spacial score (nSPS) is 26.9. The van der Waals surface area contributed by atoms with Crippen LogP contribution in [0.2, 0.25) is 0 Å². The molecule has 1 aliphatic rings. The van der Waals surface area contributed by atoms with Gasteiger partial charge in [0, 0.05) is 11.1 Å². The standard InChI is InChI=1S/C11H13BrO/c12-11-4-2-1-3-10(11)9-5-8(6-9)7-13/h1-4,8-9,13H,5-7H2. The molecule has 0 saturated heterocycles. The van der Waals surface area contributed by atoms with Gasteiger partial charge in [-0.05, 0) is 36.3 Å². The van der Waals surface area contributed by atoms with Crippen molar-refractivity contribution in [2.45, 2.75) is 18.8 Å². The van der Waals surface area contributed by atoms with Crippen molar-refractivity contribution in [3.8, 4) is 0 Å². The Morgan fingerprint density at radius 2 is 2.00 bits per heavy atom. The Bertz CT molecular complexity index is 292. The van der Waals surface area contributed by atoms with E-state index in [4.69, 9.17) is 5.11 Å². The zero-order chi connectivity index (χ0) is 9.26. The van der Waals surface area contributed by atoms with Crippen LogP contribution in [0.4, 0.5) is 0 Å². The van der Waals surface area contributed by atoms with E-state index in [1.165, 1.54) is 10.0 Å². The molecule has 0 radical (unpaired) electrons. The molecule has 2 rings (SSSR count). The van der Waals surface area contributed by atoms with Gasteiger partial charge in [-0.25, -0.2) is 0 Å². The van der Waals surface area contributed by atoms with Crippen molar-refractivity contribution in [1.82, 2.24) is 0 Å². The zero-order valence-electron chi connectivity index (χ0n) is 7.41. The molecule has 1 nitrogen and oxygen atoms in total. The summed E-state index contributed by atoms with van der Waals surface area (Å²) >= 11 is 3.55. The third-order valence-electron chi connectivity index (χ3n) is 2.84. The molecule has 1 aromatic rings. The molecule has 0 aliphatic heterocycles. The van der Waals surface area contributed by atoms with E-state index in [2.05, 4.69) is 34.1 Å². The summed E-state index contributed by atoms with van der Waals surface area (Å²) in [5, 5.41) is 8.91. The third-order valence-corrected chi connectivity index (χ3v) is 3.56. The van der Waals surface area contributed by atoms with Gasteiger partial charge in [0.05, 0.1) is 0 Å². The predicted molar refractivity (Wildman–Crippen MR) is 56.7 cm³/mol. The summed E-state index contributed by atoms with van der Waals surface area (Å²) in [5.74, 6) is 1.20. The molecule has 0 heterocycles. The molecule has 70 valence electrons. The molecule has 0 aromatic heterocycles. The van der Waals surface area contributed by atoms with Gasteiger partial charge in [0.2, 0.25) is 0 Å². The minimum atomic E-state index is 0.348. The van der Waals surface area contributed by atoms with Gasteiger partial charge < -0.3 is 5.11 Å². The molecule has 2 heteroatoms. The van der Waals surface area contributed by atoms with Crippen molar-refractivity contribution in [1.29, 1.82) is 0 Å². The van der Waals surface area contributed by atoms with E-state index >= 15 is 0 Å². The lowest BCUT2D eigenvalue weighted by molar-refractivity contribution is 0.142. The molecule has 1 aromatic carbocycles. The fourth-order valence-corrected chi connectivity index (χ4v) is 2.55. The lowest BCUT2D eigenvalue weighted by Crippen LogP contribution is -2.24. The highest BCUT2D eigenvalue weighted by atomic mass is 79.9. The average molecular weight is 241 g/mol. The maximum Gasteiger partial charge on any atom is 0.0459 e. The van der Waals surface area contributed by atoms with Crippen molar-refractivity contribution < 1.29 is 5.11 Å². The van der Waals surface area contributed by atoms with E-state index in [1.54, 1.807) is 0 Å². The third kappa shape index (κ3) is 1.79. The smallest absolute Gasteiger partial charge is 0.0459 e. The summed E-state index contributed by atoms with van der Waals surface area (Å²) in [7, 11) is 0. The monoisotopic (exact) mass is 240 g/mol. The molecule has 1 fully saturated rings. The molecule has 0 spiro atoms. The number of rotatable bonds is 2. The van der Waals surface area contributed by atoms with Crippen LogP contribution in [0.3, 0.4) is 0 Å². The highest BCUT2D eigenvalue weighted by Gasteiger charge is 2.30. The number of halogens is 1.